The highest BCUT2D eigenvalue weighted by Gasteiger charge is 2.39. The molecule has 4 rings (SSSR count). The summed E-state index contributed by atoms with van der Waals surface area (Å²) in [6, 6.07) is 19.7. The molecule has 3 aromatic rings. The number of anilines is 1. The number of carbonyl (C=O) groups excluding carboxylic acids is 1. The van der Waals surface area contributed by atoms with Crippen LogP contribution in [0.15, 0.2) is 77.7 Å². The van der Waals surface area contributed by atoms with E-state index in [2.05, 4.69) is 19.2 Å². The molecule has 196 valence electrons. The summed E-state index contributed by atoms with van der Waals surface area (Å²) in [6.07, 6.45) is 2.16. The quantitative estimate of drug-likeness (QED) is 0.372. The summed E-state index contributed by atoms with van der Waals surface area (Å²) < 4.78 is 40.0. The SMILES string of the molecule is CCC1(CC)C[C@@H](NC(=O)CN(c2ccc(Cl)cc2)S(=O)(=O)c2ccc(OC)cc2)c2ccccc2O1. The standard InChI is InChI=1S/C28H31ClN2O5S/c1-4-28(5-2)18-25(24-8-6-7-9-26(24)36-28)30-27(32)19-31(21-12-10-20(29)11-13-21)37(33,34)23-16-14-22(35-3)15-17-23/h6-17,25H,4-5,18-19H2,1-3H3,(H,30,32)/t25-/m1/s1. The van der Waals surface area contributed by atoms with Gasteiger partial charge in [0.2, 0.25) is 5.91 Å². The van der Waals surface area contributed by atoms with Gasteiger partial charge in [-0.2, -0.15) is 0 Å². The van der Waals surface area contributed by atoms with Crippen molar-refractivity contribution in [3.8, 4) is 11.5 Å². The Morgan fingerprint density at radius 1 is 1.05 bits per heavy atom. The third kappa shape index (κ3) is 5.70. The third-order valence-corrected chi connectivity index (χ3v) is 8.91. The smallest absolute Gasteiger partial charge is 0.264 e. The largest absolute Gasteiger partial charge is 0.497 e. The summed E-state index contributed by atoms with van der Waals surface area (Å²) in [5.41, 5.74) is 0.806. The first kappa shape index (κ1) is 26.8. The highest BCUT2D eigenvalue weighted by Crippen LogP contribution is 2.42. The molecule has 0 bridgehead atoms. The van der Waals surface area contributed by atoms with Crippen molar-refractivity contribution < 1.29 is 22.7 Å². The van der Waals surface area contributed by atoms with Gasteiger partial charge in [0.05, 0.1) is 23.7 Å². The lowest BCUT2D eigenvalue weighted by Gasteiger charge is -2.41. The highest BCUT2D eigenvalue weighted by atomic mass is 35.5. The molecule has 0 aliphatic carbocycles. The highest BCUT2D eigenvalue weighted by molar-refractivity contribution is 7.92. The number of hydrogen-bond acceptors (Lipinski definition) is 5. The van der Waals surface area contributed by atoms with Crippen LogP contribution in [0.25, 0.3) is 0 Å². The molecule has 1 amide bonds. The third-order valence-electron chi connectivity index (χ3n) is 6.87. The van der Waals surface area contributed by atoms with Gasteiger partial charge in [0.25, 0.3) is 10.0 Å². The van der Waals surface area contributed by atoms with E-state index in [1.165, 1.54) is 19.2 Å². The Hall–Kier alpha value is -3.23. The van der Waals surface area contributed by atoms with Crippen LogP contribution in [0.4, 0.5) is 5.69 Å². The van der Waals surface area contributed by atoms with E-state index < -0.39 is 28.1 Å². The number of rotatable bonds is 9. The van der Waals surface area contributed by atoms with Crippen LogP contribution in [-0.2, 0) is 14.8 Å². The van der Waals surface area contributed by atoms with Crippen LogP contribution in [0.1, 0.15) is 44.7 Å². The fourth-order valence-electron chi connectivity index (χ4n) is 4.60. The first-order valence-corrected chi connectivity index (χ1v) is 14.0. The lowest BCUT2D eigenvalue weighted by Crippen LogP contribution is -2.47. The number of sulfonamides is 1. The Labute approximate surface area is 223 Å². The van der Waals surface area contributed by atoms with Gasteiger partial charge in [0.15, 0.2) is 0 Å². The Bertz CT molecular complexity index is 1340. The van der Waals surface area contributed by atoms with Gasteiger partial charge in [0, 0.05) is 17.0 Å². The number of carbonyl (C=O) groups is 1. The maximum Gasteiger partial charge on any atom is 0.264 e. The topological polar surface area (TPSA) is 84.9 Å². The molecule has 0 aromatic heterocycles. The van der Waals surface area contributed by atoms with Crippen molar-refractivity contribution in [3.63, 3.8) is 0 Å². The summed E-state index contributed by atoms with van der Waals surface area (Å²) in [5.74, 6) is 0.848. The first-order valence-electron chi connectivity index (χ1n) is 12.2. The second-order valence-corrected chi connectivity index (χ2v) is 11.3. The van der Waals surface area contributed by atoms with Crippen molar-refractivity contribution in [3.05, 3.63) is 83.4 Å². The number of amides is 1. The predicted octanol–water partition coefficient (Wildman–Crippen LogP) is 5.74. The lowest BCUT2D eigenvalue weighted by atomic mass is 9.83. The number of hydrogen-bond donors (Lipinski definition) is 1. The zero-order valence-corrected chi connectivity index (χ0v) is 22.7. The summed E-state index contributed by atoms with van der Waals surface area (Å²) in [5, 5.41) is 3.54. The zero-order chi connectivity index (χ0) is 26.6. The van der Waals surface area contributed by atoms with Crippen LogP contribution in [0, 0.1) is 0 Å². The molecule has 0 radical (unpaired) electrons. The summed E-state index contributed by atoms with van der Waals surface area (Å²) in [4.78, 5) is 13.5. The van der Waals surface area contributed by atoms with E-state index in [0.717, 1.165) is 28.5 Å². The molecular formula is C28H31ClN2O5S. The molecule has 1 N–H and O–H groups in total. The maximum atomic E-state index is 13.7. The average molecular weight is 543 g/mol. The fraction of sp³-hybridized carbons (Fsp3) is 0.321. The van der Waals surface area contributed by atoms with E-state index in [1.54, 1.807) is 36.4 Å². The van der Waals surface area contributed by atoms with Crippen LogP contribution < -0.4 is 19.1 Å². The molecular weight excluding hydrogens is 512 g/mol. The van der Waals surface area contributed by atoms with Crippen molar-refractivity contribution in [2.45, 2.75) is 49.6 Å². The molecule has 7 nitrogen and oxygen atoms in total. The van der Waals surface area contributed by atoms with Crippen molar-refractivity contribution in [2.24, 2.45) is 0 Å². The molecule has 1 aliphatic rings. The minimum atomic E-state index is -4.07. The van der Waals surface area contributed by atoms with E-state index in [0.29, 0.717) is 22.9 Å². The molecule has 0 saturated carbocycles. The van der Waals surface area contributed by atoms with Crippen molar-refractivity contribution in [1.29, 1.82) is 0 Å². The molecule has 9 heteroatoms. The van der Waals surface area contributed by atoms with Gasteiger partial charge < -0.3 is 14.8 Å². The van der Waals surface area contributed by atoms with Gasteiger partial charge in [0.1, 0.15) is 23.6 Å². The number of halogens is 1. The van der Waals surface area contributed by atoms with Crippen LogP contribution in [0.5, 0.6) is 11.5 Å². The molecule has 0 saturated heterocycles. The van der Waals surface area contributed by atoms with Crippen LogP contribution in [-0.4, -0.2) is 33.6 Å². The van der Waals surface area contributed by atoms with Crippen molar-refractivity contribution in [2.75, 3.05) is 18.0 Å². The molecule has 0 unspecified atom stereocenters. The number of ether oxygens (including phenoxy) is 2. The average Bonchev–Trinajstić information content (AvgIpc) is 2.92. The number of fused-ring (bicyclic) bond motifs is 1. The normalized spacial score (nSPS) is 16.3. The minimum absolute atomic E-state index is 0.0449. The second kappa shape index (κ2) is 11.0. The second-order valence-electron chi connectivity index (χ2n) is 9.02. The number of nitrogens with zero attached hydrogens (tertiary/aromatic N) is 1. The summed E-state index contributed by atoms with van der Waals surface area (Å²) in [6.45, 7) is 3.74. The van der Waals surface area contributed by atoms with E-state index in [-0.39, 0.29) is 10.9 Å². The van der Waals surface area contributed by atoms with Gasteiger partial charge in [-0.15, -0.1) is 0 Å². The van der Waals surface area contributed by atoms with Gasteiger partial charge in [-0.05, 0) is 67.4 Å². The van der Waals surface area contributed by atoms with Crippen LogP contribution in [0.2, 0.25) is 5.02 Å². The van der Waals surface area contributed by atoms with E-state index in [4.69, 9.17) is 21.1 Å². The van der Waals surface area contributed by atoms with Gasteiger partial charge in [-0.3, -0.25) is 9.10 Å². The van der Waals surface area contributed by atoms with Crippen molar-refractivity contribution in [1.82, 2.24) is 5.32 Å². The number of nitrogens with one attached hydrogen (secondary N) is 1. The number of para-hydroxylation sites is 1. The molecule has 1 heterocycles. The predicted molar refractivity (Wildman–Crippen MR) is 145 cm³/mol. The number of methoxy groups -OCH3 is 1. The molecule has 1 aliphatic heterocycles. The Morgan fingerprint density at radius 2 is 1.70 bits per heavy atom. The Balaban J connectivity index is 1.64. The molecule has 0 spiro atoms. The van der Waals surface area contributed by atoms with Gasteiger partial charge >= 0.3 is 0 Å². The van der Waals surface area contributed by atoms with Crippen LogP contribution in [0.3, 0.4) is 0 Å². The monoisotopic (exact) mass is 542 g/mol. The Kier molecular flexibility index (Phi) is 7.99. The molecule has 1 atom stereocenters. The van der Waals surface area contributed by atoms with Crippen LogP contribution >= 0.6 is 11.6 Å². The van der Waals surface area contributed by atoms with Gasteiger partial charge in [-0.25, -0.2) is 8.42 Å². The summed E-state index contributed by atoms with van der Waals surface area (Å²) in [7, 11) is -2.56. The molecule has 37 heavy (non-hydrogen) atoms. The fourth-order valence-corrected chi connectivity index (χ4v) is 6.14. The van der Waals surface area contributed by atoms with Gasteiger partial charge in [-0.1, -0.05) is 43.6 Å². The van der Waals surface area contributed by atoms with E-state index in [1.807, 2.05) is 24.3 Å². The lowest BCUT2D eigenvalue weighted by molar-refractivity contribution is -0.121. The van der Waals surface area contributed by atoms with E-state index >= 15 is 0 Å². The minimum Gasteiger partial charge on any atom is -0.497 e. The van der Waals surface area contributed by atoms with Crippen molar-refractivity contribution >= 4 is 33.2 Å². The van der Waals surface area contributed by atoms with E-state index in [9.17, 15) is 13.2 Å². The summed E-state index contributed by atoms with van der Waals surface area (Å²) >= 11 is 6.04. The number of benzene rings is 3. The molecule has 3 aromatic carbocycles. The maximum absolute atomic E-state index is 13.7. The first-order chi connectivity index (χ1) is 17.7. The molecule has 0 fully saturated rings. The zero-order valence-electron chi connectivity index (χ0n) is 21.1. The Morgan fingerprint density at radius 3 is 2.32 bits per heavy atom.